The van der Waals surface area contributed by atoms with Gasteiger partial charge in [0.15, 0.2) is 5.96 Å². The summed E-state index contributed by atoms with van der Waals surface area (Å²) in [6.45, 7) is 8.18. The maximum absolute atomic E-state index is 5.95. The van der Waals surface area contributed by atoms with Crippen LogP contribution in [0.4, 0.5) is 5.69 Å². The first-order chi connectivity index (χ1) is 11.6. The van der Waals surface area contributed by atoms with Gasteiger partial charge in [-0.1, -0.05) is 26.0 Å². The molecule has 24 heavy (non-hydrogen) atoms. The third-order valence-electron chi connectivity index (χ3n) is 4.38. The van der Waals surface area contributed by atoms with E-state index in [-0.39, 0.29) is 0 Å². The van der Waals surface area contributed by atoms with E-state index in [4.69, 9.17) is 5.73 Å². The van der Waals surface area contributed by atoms with Crippen molar-refractivity contribution in [1.29, 1.82) is 0 Å². The van der Waals surface area contributed by atoms with Crippen LogP contribution in [0.15, 0.2) is 41.7 Å². The number of hydrogen-bond donors (Lipinski definition) is 2. The third-order valence-corrected chi connectivity index (χ3v) is 4.38. The molecule has 5 heteroatoms. The van der Waals surface area contributed by atoms with Crippen molar-refractivity contribution in [1.82, 2.24) is 9.55 Å². The van der Waals surface area contributed by atoms with Crippen LogP contribution >= 0.6 is 0 Å². The Hall–Kier alpha value is -2.30. The topological polar surface area (TPSA) is 68.2 Å². The number of unbranched alkanes of at least 4 members (excludes halogenated alkanes) is 1. The maximum atomic E-state index is 5.95. The van der Waals surface area contributed by atoms with E-state index in [0.29, 0.717) is 11.9 Å². The standard InChI is InChI=1S/C19H29N5/c1-4-15(2)17-7-9-18(10-8-17)23-19(20)22-11-5-6-13-24-14-12-21-16(24)3/h7-10,12,14-15H,4-6,11,13H2,1-3H3,(H3,20,22,23). The number of anilines is 1. The van der Waals surface area contributed by atoms with E-state index in [1.54, 1.807) is 0 Å². The number of aryl methyl sites for hydroxylation is 2. The molecule has 0 amide bonds. The Kier molecular flexibility index (Phi) is 6.85. The number of hydrogen-bond acceptors (Lipinski definition) is 2. The largest absolute Gasteiger partial charge is 0.370 e. The van der Waals surface area contributed by atoms with Crippen molar-refractivity contribution in [3.63, 3.8) is 0 Å². The number of benzene rings is 1. The fourth-order valence-corrected chi connectivity index (χ4v) is 2.55. The lowest BCUT2D eigenvalue weighted by molar-refractivity contribution is 0.602. The molecule has 0 bridgehead atoms. The lowest BCUT2D eigenvalue weighted by Crippen LogP contribution is -2.22. The van der Waals surface area contributed by atoms with Crippen LogP contribution < -0.4 is 11.1 Å². The Morgan fingerprint density at radius 2 is 2.04 bits per heavy atom. The fourth-order valence-electron chi connectivity index (χ4n) is 2.55. The van der Waals surface area contributed by atoms with Gasteiger partial charge in [0.05, 0.1) is 0 Å². The number of nitrogens with one attached hydrogen (secondary N) is 1. The van der Waals surface area contributed by atoms with Gasteiger partial charge in [-0.15, -0.1) is 0 Å². The highest BCUT2D eigenvalue weighted by atomic mass is 15.1. The van der Waals surface area contributed by atoms with Crippen LogP contribution in [0.3, 0.4) is 0 Å². The molecule has 130 valence electrons. The number of nitrogens with two attached hydrogens (primary N) is 1. The molecular weight excluding hydrogens is 298 g/mol. The Labute approximate surface area is 145 Å². The van der Waals surface area contributed by atoms with Crippen molar-refractivity contribution in [2.75, 3.05) is 11.9 Å². The predicted octanol–water partition coefficient (Wildman–Crippen LogP) is 3.91. The molecule has 5 nitrogen and oxygen atoms in total. The highest BCUT2D eigenvalue weighted by Crippen LogP contribution is 2.20. The van der Waals surface area contributed by atoms with E-state index in [2.05, 4.69) is 58.0 Å². The minimum Gasteiger partial charge on any atom is -0.370 e. The zero-order chi connectivity index (χ0) is 17.4. The first-order valence-electron chi connectivity index (χ1n) is 8.74. The molecule has 0 aliphatic heterocycles. The van der Waals surface area contributed by atoms with Crippen LogP contribution in [0.25, 0.3) is 0 Å². The quantitative estimate of drug-likeness (QED) is 0.439. The molecule has 0 saturated heterocycles. The Balaban J connectivity index is 1.72. The van der Waals surface area contributed by atoms with Crippen molar-refractivity contribution >= 4 is 11.6 Å². The minimum atomic E-state index is 0.477. The van der Waals surface area contributed by atoms with Gasteiger partial charge in [-0.2, -0.15) is 0 Å². The molecule has 2 rings (SSSR count). The Bertz CT molecular complexity index is 642. The molecule has 0 fully saturated rings. The SMILES string of the molecule is CCC(C)c1ccc(NC(N)=NCCCCn2ccnc2C)cc1. The molecule has 0 aliphatic carbocycles. The molecule has 1 unspecified atom stereocenters. The van der Waals surface area contributed by atoms with Crippen molar-refractivity contribution in [2.24, 2.45) is 10.7 Å². The van der Waals surface area contributed by atoms with Gasteiger partial charge in [-0.05, 0) is 49.8 Å². The smallest absolute Gasteiger partial charge is 0.193 e. The Morgan fingerprint density at radius 1 is 1.29 bits per heavy atom. The third kappa shape index (κ3) is 5.41. The van der Waals surface area contributed by atoms with Crippen LogP contribution in [0.5, 0.6) is 0 Å². The van der Waals surface area contributed by atoms with Crippen molar-refractivity contribution in [3.8, 4) is 0 Å². The number of aromatic nitrogens is 2. The van der Waals surface area contributed by atoms with Gasteiger partial charge in [0.25, 0.3) is 0 Å². The summed E-state index contributed by atoms with van der Waals surface area (Å²) in [6.07, 6.45) is 7.07. The molecule has 1 atom stereocenters. The first-order valence-corrected chi connectivity index (χ1v) is 8.74. The zero-order valence-corrected chi connectivity index (χ0v) is 15.0. The number of rotatable bonds is 8. The summed E-state index contributed by atoms with van der Waals surface area (Å²) in [5.41, 5.74) is 8.29. The predicted molar refractivity (Wildman–Crippen MR) is 101 cm³/mol. The number of aliphatic imine (C=N–C) groups is 1. The van der Waals surface area contributed by atoms with Gasteiger partial charge in [0, 0.05) is 31.2 Å². The molecule has 0 spiro atoms. The van der Waals surface area contributed by atoms with Gasteiger partial charge in [0.2, 0.25) is 0 Å². The molecule has 1 aromatic carbocycles. The number of guanidine groups is 1. The molecule has 0 saturated carbocycles. The van der Waals surface area contributed by atoms with Crippen LogP contribution in [-0.2, 0) is 6.54 Å². The monoisotopic (exact) mass is 327 g/mol. The van der Waals surface area contributed by atoms with E-state index in [9.17, 15) is 0 Å². The highest BCUT2D eigenvalue weighted by molar-refractivity contribution is 5.92. The summed E-state index contributed by atoms with van der Waals surface area (Å²) in [4.78, 5) is 8.61. The molecule has 2 aromatic rings. The molecule has 0 radical (unpaired) electrons. The fraction of sp³-hybridized carbons (Fsp3) is 0.474. The van der Waals surface area contributed by atoms with E-state index < -0.39 is 0 Å². The van der Waals surface area contributed by atoms with Crippen molar-refractivity contribution < 1.29 is 0 Å². The van der Waals surface area contributed by atoms with Crippen LogP contribution in [0.1, 0.15) is 50.4 Å². The van der Waals surface area contributed by atoms with Crippen molar-refractivity contribution in [2.45, 2.75) is 52.5 Å². The average molecular weight is 327 g/mol. The molecule has 1 heterocycles. The second-order valence-electron chi connectivity index (χ2n) is 6.20. The van der Waals surface area contributed by atoms with Crippen LogP contribution in [-0.4, -0.2) is 22.1 Å². The van der Waals surface area contributed by atoms with E-state index in [1.807, 2.05) is 19.3 Å². The van der Waals surface area contributed by atoms with E-state index in [0.717, 1.165) is 43.9 Å². The molecule has 1 aromatic heterocycles. The number of imidazole rings is 1. The summed E-state index contributed by atoms with van der Waals surface area (Å²) >= 11 is 0. The van der Waals surface area contributed by atoms with Gasteiger partial charge >= 0.3 is 0 Å². The Morgan fingerprint density at radius 3 is 2.67 bits per heavy atom. The molecule has 3 N–H and O–H groups in total. The van der Waals surface area contributed by atoms with Crippen LogP contribution in [0, 0.1) is 6.92 Å². The first kappa shape index (κ1) is 18.0. The minimum absolute atomic E-state index is 0.477. The van der Waals surface area contributed by atoms with E-state index >= 15 is 0 Å². The summed E-state index contributed by atoms with van der Waals surface area (Å²) in [5.74, 6) is 2.12. The molecular formula is C19H29N5. The van der Waals surface area contributed by atoms with E-state index in [1.165, 1.54) is 5.56 Å². The highest BCUT2D eigenvalue weighted by Gasteiger charge is 2.02. The lowest BCUT2D eigenvalue weighted by atomic mass is 9.99. The average Bonchev–Trinajstić information content (AvgIpc) is 2.99. The zero-order valence-electron chi connectivity index (χ0n) is 15.0. The lowest BCUT2D eigenvalue weighted by Gasteiger charge is -2.11. The van der Waals surface area contributed by atoms with Gasteiger partial charge < -0.3 is 15.6 Å². The summed E-state index contributed by atoms with van der Waals surface area (Å²) in [6, 6.07) is 8.42. The van der Waals surface area contributed by atoms with Gasteiger partial charge in [-0.25, -0.2) is 4.98 Å². The van der Waals surface area contributed by atoms with Gasteiger partial charge in [0.1, 0.15) is 5.82 Å². The maximum Gasteiger partial charge on any atom is 0.193 e. The van der Waals surface area contributed by atoms with Crippen LogP contribution in [0.2, 0.25) is 0 Å². The van der Waals surface area contributed by atoms with Crippen molar-refractivity contribution in [3.05, 3.63) is 48.0 Å². The summed E-state index contributed by atoms with van der Waals surface area (Å²) in [5, 5.41) is 3.15. The summed E-state index contributed by atoms with van der Waals surface area (Å²) in [7, 11) is 0. The summed E-state index contributed by atoms with van der Waals surface area (Å²) < 4.78 is 2.16. The second kappa shape index (κ2) is 9.11. The molecule has 0 aliphatic rings. The van der Waals surface area contributed by atoms with Gasteiger partial charge in [-0.3, -0.25) is 4.99 Å². The number of nitrogens with zero attached hydrogens (tertiary/aromatic N) is 3. The normalized spacial score (nSPS) is 13.0. The second-order valence-corrected chi connectivity index (χ2v) is 6.20.